The second-order valence-corrected chi connectivity index (χ2v) is 8.85. The molecule has 1 spiro atoms. The first-order valence-corrected chi connectivity index (χ1v) is 11.2. The van der Waals surface area contributed by atoms with Crippen LogP contribution in [-0.2, 0) is 17.8 Å². The van der Waals surface area contributed by atoms with Crippen LogP contribution < -0.4 is 9.47 Å². The molecule has 2 aromatic rings. The summed E-state index contributed by atoms with van der Waals surface area (Å²) >= 11 is 0. The van der Waals surface area contributed by atoms with Gasteiger partial charge in [0, 0.05) is 55.5 Å². The second-order valence-electron chi connectivity index (χ2n) is 8.85. The first kappa shape index (κ1) is 21.6. The molecule has 0 saturated carbocycles. The topological polar surface area (TPSA) is 54.9 Å². The number of nitrogens with zero attached hydrogens (tertiary/aromatic N) is 3. The monoisotopic (exact) mass is 423 g/mol. The molecule has 1 aromatic carbocycles. The summed E-state index contributed by atoms with van der Waals surface area (Å²) in [5.74, 6) is 1.86. The number of benzene rings is 1. The van der Waals surface area contributed by atoms with Crippen molar-refractivity contribution in [3.8, 4) is 11.5 Å². The molecular weight excluding hydrogens is 390 g/mol. The summed E-state index contributed by atoms with van der Waals surface area (Å²) in [6.07, 6.45) is 6.50. The molecule has 0 N–H and O–H groups in total. The third kappa shape index (κ3) is 5.01. The van der Waals surface area contributed by atoms with E-state index in [2.05, 4.69) is 20.9 Å². The van der Waals surface area contributed by atoms with E-state index >= 15 is 0 Å². The Labute approximate surface area is 185 Å². The number of hydrogen-bond donors (Lipinski definition) is 0. The first-order valence-electron chi connectivity index (χ1n) is 11.2. The fourth-order valence-corrected chi connectivity index (χ4v) is 5.18. The maximum absolute atomic E-state index is 12.8. The fraction of sp³-hybridized carbons (Fsp3) is 0.520. The van der Waals surface area contributed by atoms with Gasteiger partial charge in [-0.3, -0.25) is 14.7 Å². The van der Waals surface area contributed by atoms with Crippen LogP contribution in [0.1, 0.15) is 36.9 Å². The number of likely N-dealkylation sites (tertiary alicyclic amines) is 2. The number of aryl methyl sites for hydroxylation is 1. The highest BCUT2D eigenvalue weighted by Crippen LogP contribution is 2.40. The minimum atomic E-state index is 0.213. The molecule has 1 aromatic heterocycles. The van der Waals surface area contributed by atoms with Gasteiger partial charge in [-0.2, -0.15) is 0 Å². The van der Waals surface area contributed by atoms with Crippen LogP contribution in [0, 0.1) is 5.41 Å². The number of pyridine rings is 1. The van der Waals surface area contributed by atoms with E-state index in [0.717, 1.165) is 61.9 Å². The quantitative estimate of drug-likeness (QED) is 0.682. The maximum atomic E-state index is 12.8. The number of carbonyl (C=O) groups is 1. The number of methoxy groups -OCH3 is 2. The van der Waals surface area contributed by atoms with E-state index in [1.54, 1.807) is 20.4 Å². The molecule has 6 heteroatoms. The number of ether oxygens (including phenoxy) is 2. The average molecular weight is 424 g/mol. The molecule has 3 heterocycles. The summed E-state index contributed by atoms with van der Waals surface area (Å²) in [7, 11) is 3.37. The molecular formula is C25H33N3O3. The molecule has 2 fully saturated rings. The highest BCUT2D eigenvalue weighted by molar-refractivity contribution is 5.76. The standard InChI is InChI=1S/C25H33N3O3/c1-30-22-9-5-7-20(24(22)31-2)17-27-15-6-12-25(18-27)13-16-28(19-25)23(29)11-10-21-8-3-4-14-26-21/h3-5,7-9,14H,6,10-13,15-19H2,1-2H3. The summed E-state index contributed by atoms with van der Waals surface area (Å²) in [6.45, 7) is 4.69. The van der Waals surface area contributed by atoms with E-state index in [-0.39, 0.29) is 11.3 Å². The van der Waals surface area contributed by atoms with Gasteiger partial charge >= 0.3 is 0 Å². The van der Waals surface area contributed by atoms with Crippen molar-refractivity contribution in [1.82, 2.24) is 14.8 Å². The summed E-state index contributed by atoms with van der Waals surface area (Å²) in [5.41, 5.74) is 2.35. The molecule has 4 rings (SSSR count). The van der Waals surface area contributed by atoms with Crippen LogP contribution >= 0.6 is 0 Å². The summed E-state index contributed by atoms with van der Waals surface area (Å²) in [4.78, 5) is 21.8. The molecule has 0 bridgehead atoms. The van der Waals surface area contributed by atoms with Gasteiger partial charge in [0.1, 0.15) is 0 Å². The molecule has 31 heavy (non-hydrogen) atoms. The Morgan fingerprint density at radius 1 is 1.06 bits per heavy atom. The number of rotatable bonds is 7. The van der Waals surface area contributed by atoms with E-state index in [4.69, 9.17) is 9.47 Å². The Bertz CT molecular complexity index is 889. The highest BCUT2D eigenvalue weighted by Gasteiger charge is 2.42. The molecule has 0 aliphatic carbocycles. The van der Waals surface area contributed by atoms with Crippen molar-refractivity contribution in [3.05, 3.63) is 53.9 Å². The zero-order chi connectivity index (χ0) is 21.7. The van der Waals surface area contributed by atoms with Gasteiger partial charge in [-0.15, -0.1) is 0 Å². The van der Waals surface area contributed by atoms with Crippen molar-refractivity contribution in [3.63, 3.8) is 0 Å². The van der Waals surface area contributed by atoms with E-state index < -0.39 is 0 Å². The molecule has 1 unspecified atom stereocenters. The number of aromatic nitrogens is 1. The van der Waals surface area contributed by atoms with Gasteiger partial charge in [0.05, 0.1) is 14.2 Å². The van der Waals surface area contributed by atoms with Gasteiger partial charge in [0.15, 0.2) is 11.5 Å². The van der Waals surface area contributed by atoms with Crippen LogP contribution in [0.2, 0.25) is 0 Å². The van der Waals surface area contributed by atoms with Crippen LogP contribution in [0.25, 0.3) is 0 Å². The SMILES string of the molecule is COc1cccc(CN2CCCC3(CCN(C(=O)CCc4ccccn4)C3)C2)c1OC. The van der Waals surface area contributed by atoms with Crippen LogP contribution in [0.4, 0.5) is 0 Å². The second kappa shape index (κ2) is 9.69. The minimum absolute atomic E-state index is 0.213. The van der Waals surface area contributed by atoms with Crippen molar-refractivity contribution in [2.24, 2.45) is 5.41 Å². The Hall–Kier alpha value is -2.60. The highest BCUT2D eigenvalue weighted by atomic mass is 16.5. The molecule has 6 nitrogen and oxygen atoms in total. The summed E-state index contributed by atoms with van der Waals surface area (Å²) in [5, 5.41) is 0. The van der Waals surface area contributed by atoms with Gasteiger partial charge < -0.3 is 14.4 Å². The maximum Gasteiger partial charge on any atom is 0.222 e. The van der Waals surface area contributed by atoms with Crippen molar-refractivity contribution >= 4 is 5.91 Å². The Morgan fingerprint density at radius 3 is 2.74 bits per heavy atom. The number of piperidine rings is 1. The minimum Gasteiger partial charge on any atom is -0.493 e. The summed E-state index contributed by atoms with van der Waals surface area (Å²) < 4.78 is 11.1. The predicted molar refractivity (Wildman–Crippen MR) is 120 cm³/mol. The largest absolute Gasteiger partial charge is 0.493 e. The number of para-hydroxylation sites is 1. The summed E-state index contributed by atoms with van der Waals surface area (Å²) in [6, 6.07) is 12.0. The third-order valence-corrected chi connectivity index (χ3v) is 6.73. The lowest BCUT2D eigenvalue weighted by Crippen LogP contribution is -2.45. The Morgan fingerprint density at radius 2 is 1.97 bits per heavy atom. The average Bonchev–Trinajstić information content (AvgIpc) is 3.21. The van der Waals surface area contributed by atoms with Crippen LogP contribution in [0.5, 0.6) is 11.5 Å². The molecule has 166 valence electrons. The van der Waals surface area contributed by atoms with Crippen LogP contribution in [0.15, 0.2) is 42.6 Å². The van der Waals surface area contributed by atoms with Gasteiger partial charge in [-0.25, -0.2) is 0 Å². The fourth-order valence-electron chi connectivity index (χ4n) is 5.18. The molecule has 2 aliphatic heterocycles. The van der Waals surface area contributed by atoms with Gasteiger partial charge in [-0.05, 0) is 50.4 Å². The lowest BCUT2D eigenvalue weighted by molar-refractivity contribution is -0.130. The van der Waals surface area contributed by atoms with Gasteiger partial charge in [0.25, 0.3) is 0 Å². The number of hydrogen-bond acceptors (Lipinski definition) is 5. The zero-order valence-corrected chi connectivity index (χ0v) is 18.7. The molecule has 1 amide bonds. The molecule has 2 aliphatic rings. The van der Waals surface area contributed by atoms with Crippen LogP contribution in [-0.4, -0.2) is 61.1 Å². The lowest BCUT2D eigenvalue weighted by Gasteiger charge is -2.40. The van der Waals surface area contributed by atoms with E-state index in [1.807, 2.05) is 30.3 Å². The van der Waals surface area contributed by atoms with E-state index in [1.165, 1.54) is 12.8 Å². The molecule has 2 saturated heterocycles. The molecule has 1 atom stereocenters. The van der Waals surface area contributed by atoms with Crippen molar-refractivity contribution in [2.45, 2.75) is 38.6 Å². The van der Waals surface area contributed by atoms with Gasteiger partial charge in [0.2, 0.25) is 5.91 Å². The van der Waals surface area contributed by atoms with Crippen molar-refractivity contribution in [1.29, 1.82) is 0 Å². The third-order valence-electron chi connectivity index (χ3n) is 6.73. The van der Waals surface area contributed by atoms with Crippen LogP contribution in [0.3, 0.4) is 0 Å². The predicted octanol–water partition coefficient (Wildman–Crippen LogP) is 3.55. The van der Waals surface area contributed by atoms with E-state index in [9.17, 15) is 4.79 Å². The lowest BCUT2D eigenvalue weighted by atomic mass is 9.79. The number of amides is 1. The van der Waals surface area contributed by atoms with Crippen molar-refractivity contribution < 1.29 is 14.3 Å². The zero-order valence-electron chi connectivity index (χ0n) is 18.7. The first-order chi connectivity index (χ1) is 15.1. The van der Waals surface area contributed by atoms with E-state index in [0.29, 0.717) is 12.8 Å². The Balaban J connectivity index is 1.36. The molecule has 0 radical (unpaired) electrons. The Kier molecular flexibility index (Phi) is 6.76. The number of carbonyl (C=O) groups excluding carboxylic acids is 1. The normalized spacial score (nSPS) is 21.4. The van der Waals surface area contributed by atoms with Crippen molar-refractivity contribution in [2.75, 3.05) is 40.4 Å². The van der Waals surface area contributed by atoms with Gasteiger partial charge in [-0.1, -0.05) is 18.2 Å². The smallest absolute Gasteiger partial charge is 0.222 e.